The molecule has 1 saturated heterocycles. The molecule has 0 unspecified atom stereocenters. The SMILES string of the molecule is COc1cc(C=C2C(=O)NC(=O)NC2=O)ccc1OCC(=O)Nc1ccc(Cl)cc1. The van der Waals surface area contributed by atoms with E-state index in [1.807, 2.05) is 10.6 Å². The number of ether oxygens (including phenoxy) is 2. The van der Waals surface area contributed by atoms with Crippen LogP contribution in [0.2, 0.25) is 5.02 Å². The third-order valence-electron chi connectivity index (χ3n) is 3.93. The van der Waals surface area contributed by atoms with Crippen LogP contribution in [0.25, 0.3) is 6.08 Å². The molecule has 10 heteroatoms. The Morgan fingerprint density at radius 2 is 1.70 bits per heavy atom. The van der Waals surface area contributed by atoms with Gasteiger partial charge >= 0.3 is 6.03 Å². The van der Waals surface area contributed by atoms with Crippen LogP contribution in [0.4, 0.5) is 10.5 Å². The zero-order valence-electron chi connectivity index (χ0n) is 15.7. The number of halogens is 1. The summed E-state index contributed by atoms with van der Waals surface area (Å²) < 4.78 is 10.8. The molecule has 0 radical (unpaired) electrons. The Morgan fingerprint density at radius 3 is 2.33 bits per heavy atom. The van der Waals surface area contributed by atoms with Crippen molar-refractivity contribution in [2.75, 3.05) is 19.0 Å². The average Bonchev–Trinajstić information content (AvgIpc) is 2.71. The van der Waals surface area contributed by atoms with E-state index in [-0.39, 0.29) is 23.8 Å². The van der Waals surface area contributed by atoms with Gasteiger partial charge in [0.2, 0.25) is 0 Å². The van der Waals surface area contributed by atoms with Gasteiger partial charge in [-0.3, -0.25) is 25.0 Å². The quantitative estimate of drug-likeness (QED) is 0.477. The first-order valence-electron chi connectivity index (χ1n) is 8.60. The van der Waals surface area contributed by atoms with Crippen molar-refractivity contribution in [3.63, 3.8) is 0 Å². The minimum Gasteiger partial charge on any atom is -0.493 e. The standard InChI is InChI=1S/C20H16ClN3O6/c1-29-16-9-11(8-14-18(26)23-20(28)24-19(14)27)2-7-15(16)30-10-17(25)22-13-5-3-12(21)4-6-13/h2-9H,10H2,1H3,(H,22,25)(H2,23,24,26,27,28). The molecule has 1 fully saturated rings. The van der Waals surface area contributed by atoms with Gasteiger partial charge in [-0.25, -0.2) is 4.79 Å². The van der Waals surface area contributed by atoms with Gasteiger partial charge in [0.1, 0.15) is 5.57 Å². The molecule has 3 N–H and O–H groups in total. The van der Waals surface area contributed by atoms with Gasteiger partial charge in [0.15, 0.2) is 18.1 Å². The lowest BCUT2D eigenvalue weighted by Crippen LogP contribution is -2.51. The predicted molar refractivity (Wildman–Crippen MR) is 108 cm³/mol. The molecule has 2 aromatic rings. The maximum Gasteiger partial charge on any atom is 0.328 e. The van der Waals surface area contributed by atoms with Crippen LogP contribution in [0.15, 0.2) is 48.0 Å². The predicted octanol–water partition coefficient (Wildman–Crippen LogP) is 2.12. The van der Waals surface area contributed by atoms with E-state index < -0.39 is 17.8 Å². The largest absolute Gasteiger partial charge is 0.493 e. The summed E-state index contributed by atoms with van der Waals surface area (Å²) in [7, 11) is 1.41. The van der Waals surface area contributed by atoms with Crippen molar-refractivity contribution in [3.05, 3.63) is 58.6 Å². The highest BCUT2D eigenvalue weighted by molar-refractivity contribution is 6.31. The minimum absolute atomic E-state index is 0.229. The number of methoxy groups -OCH3 is 1. The molecule has 1 aliphatic heterocycles. The molecule has 0 atom stereocenters. The van der Waals surface area contributed by atoms with Crippen molar-refractivity contribution in [1.29, 1.82) is 0 Å². The molecule has 1 heterocycles. The van der Waals surface area contributed by atoms with Crippen LogP contribution in [0.5, 0.6) is 11.5 Å². The Bertz CT molecular complexity index is 1030. The van der Waals surface area contributed by atoms with Crippen LogP contribution in [-0.2, 0) is 14.4 Å². The summed E-state index contributed by atoms with van der Waals surface area (Å²) in [5.41, 5.74) is 0.802. The summed E-state index contributed by atoms with van der Waals surface area (Å²) >= 11 is 5.80. The van der Waals surface area contributed by atoms with Crippen LogP contribution in [0.3, 0.4) is 0 Å². The number of amides is 5. The molecule has 154 valence electrons. The van der Waals surface area contributed by atoms with Crippen LogP contribution >= 0.6 is 11.6 Å². The maximum absolute atomic E-state index is 12.1. The summed E-state index contributed by atoms with van der Waals surface area (Å²) in [6.45, 7) is -0.271. The second-order valence-corrected chi connectivity index (χ2v) is 6.49. The second-order valence-electron chi connectivity index (χ2n) is 6.05. The van der Waals surface area contributed by atoms with E-state index in [1.54, 1.807) is 30.3 Å². The number of barbiturate groups is 1. The molecule has 3 rings (SSSR count). The molecular formula is C20H16ClN3O6. The first-order valence-corrected chi connectivity index (χ1v) is 8.98. The molecule has 0 saturated carbocycles. The zero-order valence-corrected chi connectivity index (χ0v) is 16.4. The molecule has 9 nitrogen and oxygen atoms in total. The van der Waals surface area contributed by atoms with E-state index in [0.717, 1.165) is 0 Å². The number of carbonyl (C=O) groups excluding carboxylic acids is 4. The van der Waals surface area contributed by atoms with E-state index in [9.17, 15) is 19.2 Å². The van der Waals surface area contributed by atoms with Gasteiger partial charge in [-0.1, -0.05) is 17.7 Å². The topological polar surface area (TPSA) is 123 Å². The summed E-state index contributed by atoms with van der Waals surface area (Å²) in [4.78, 5) is 46.8. The number of rotatable bonds is 6. The second kappa shape index (κ2) is 9.10. The highest BCUT2D eigenvalue weighted by Crippen LogP contribution is 2.29. The summed E-state index contributed by atoms with van der Waals surface area (Å²) in [6, 6.07) is 10.4. The molecule has 30 heavy (non-hydrogen) atoms. The summed E-state index contributed by atoms with van der Waals surface area (Å²) in [5, 5.41) is 7.20. The first-order chi connectivity index (χ1) is 14.4. The maximum atomic E-state index is 12.1. The number of urea groups is 1. The Balaban J connectivity index is 1.68. The van der Waals surface area contributed by atoms with Crippen molar-refractivity contribution in [3.8, 4) is 11.5 Å². The van der Waals surface area contributed by atoms with Crippen molar-refractivity contribution in [1.82, 2.24) is 10.6 Å². The number of anilines is 1. The molecular weight excluding hydrogens is 414 g/mol. The highest BCUT2D eigenvalue weighted by Gasteiger charge is 2.27. The van der Waals surface area contributed by atoms with Gasteiger partial charge in [0.25, 0.3) is 17.7 Å². The Kier molecular flexibility index (Phi) is 6.33. The molecule has 0 spiro atoms. The van der Waals surface area contributed by atoms with Crippen molar-refractivity contribution >= 4 is 47.1 Å². The fraction of sp³-hybridized carbons (Fsp3) is 0.100. The average molecular weight is 430 g/mol. The number of hydrogen-bond donors (Lipinski definition) is 3. The number of carbonyl (C=O) groups is 4. The molecule has 0 bridgehead atoms. The Morgan fingerprint density at radius 1 is 1.03 bits per heavy atom. The third-order valence-corrected chi connectivity index (χ3v) is 4.18. The van der Waals surface area contributed by atoms with Gasteiger partial charge in [-0.05, 0) is 48.0 Å². The minimum atomic E-state index is -0.875. The van der Waals surface area contributed by atoms with Crippen LogP contribution < -0.4 is 25.4 Å². The lowest BCUT2D eigenvalue weighted by Gasteiger charge is -2.14. The van der Waals surface area contributed by atoms with Crippen molar-refractivity contribution < 1.29 is 28.7 Å². The monoisotopic (exact) mass is 429 g/mol. The molecule has 2 aromatic carbocycles. The van der Waals surface area contributed by atoms with Gasteiger partial charge in [0, 0.05) is 10.7 Å². The van der Waals surface area contributed by atoms with Gasteiger partial charge in [0.05, 0.1) is 7.11 Å². The Labute approximate surface area is 176 Å². The van der Waals surface area contributed by atoms with Gasteiger partial charge in [-0.2, -0.15) is 0 Å². The van der Waals surface area contributed by atoms with Gasteiger partial charge in [-0.15, -0.1) is 0 Å². The van der Waals surface area contributed by atoms with E-state index >= 15 is 0 Å². The van der Waals surface area contributed by atoms with Crippen molar-refractivity contribution in [2.45, 2.75) is 0 Å². The lowest BCUT2D eigenvalue weighted by atomic mass is 10.1. The molecule has 0 aromatic heterocycles. The van der Waals surface area contributed by atoms with Crippen LogP contribution in [0, 0.1) is 0 Å². The Hall–Kier alpha value is -3.85. The van der Waals surface area contributed by atoms with Gasteiger partial charge < -0.3 is 14.8 Å². The van der Waals surface area contributed by atoms with Crippen molar-refractivity contribution in [2.24, 2.45) is 0 Å². The normalized spacial score (nSPS) is 13.3. The van der Waals surface area contributed by atoms with Crippen LogP contribution in [-0.4, -0.2) is 37.5 Å². The molecule has 1 aliphatic rings. The lowest BCUT2D eigenvalue weighted by molar-refractivity contribution is -0.124. The van der Waals surface area contributed by atoms with E-state index in [1.165, 1.54) is 25.3 Å². The fourth-order valence-corrected chi connectivity index (χ4v) is 2.67. The number of nitrogens with one attached hydrogen (secondary N) is 3. The molecule has 5 amide bonds. The number of hydrogen-bond acceptors (Lipinski definition) is 6. The van der Waals surface area contributed by atoms with Crippen LogP contribution in [0.1, 0.15) is 5.56 Å². The fourth-order valence-electron chi connectivity index (χ4n) is 2.54. The van der Waals surface area contributed by atoms with E-state index in [2.05, 4.69) is 5.32 Å². The molecule has 0 aliphatic carbocycles. The summed E-state index contributed by atoms with van der Waals surface area (Å²) in [5.74, 6) is -1.41. The van der Waals surface area contributed by atoms with E-state index in [4.69, 9.17) is 21.1 Å². The van der Waals surface area contributed by atoms with E-state index in [0.29, 0.717) is 22.0 Å². The summed E-state index contributed by atoms with van der Waals surface area (Å²) in [6.07, 6.45) is 1.30. The number of benzene rings is 2. The third kappa shape index (κ3) is 5.15. The highest BCUT2D eigenvalue weighted by atomic mass is 35.5. The zero-order chi connectivity index (χ0) is 21.7. The number of imide groups is 2. The first kappa shape index (κ1) is 20.9. The smallest absolute Gasteiger partial charge is 0.328 e.